The standard InChI is InChI=1S/C24H18N2O2/c1-16-20(8-10-23(27)17-11-13-25-14-12-17)21-15-19(7-9-22(21)26-16)24(28)18-5-3-2-4-6-18/h2-15,26H,1H3/b10-8+. The molecule has 0 atom stereocenters. The second kappa shape index (κ2) is 7.45. The molecule has 2 aromatic carbocycles. The number of aryl methyl sites for hydroxylation is 1. The van der Waals surface area contributed by atoms with Crippen molar-refractivity contribution in [3.05, 3.63) is 107 Å². The van der Waals surface area contributed by atoms with Gasteiger partial charge >= 0.3 is 0 Å². The van der Waals surface area contributed by atoms with Crippen LogP contribution in [0.25, 0.3) is 17.0 Å². The van der Waals surface area contributed by atoms with Crippen molar-refractivity contribution < 1.29 is 9.59 Å². The highest BCUT2D eigenvalue weighted by atomic mass is 16.1. The Kier molecular flexibility index (Phi) is 4.68. The monoisotopic (exact) mass is 366 g/mol. The van der Waals surface area contributed by atoms with Gasteiger partial charge in [-0.25, -0.2) is 0 Å². The summed E-state index contributed by atoms with van der Waals surface area (Å²) in [5, 5.41) is 0.915. The Morgan fingerprint density at radius 1 is 0.893 bits per heavy atom. The van der Waals surface area contributed by atoms with Crippen LogP contribution in [0, 0.1) is 6.92 Å². The summed E-state index contributed by atoms with van der Waals surface area (Å²) in [4.78, 5) is 32.4. The van der Waals surface area contributed by atoms with E-state index in [2.05, 4.69) is 9.97 Å². The Morgan fingerprint density at radius 3 is 2.39 bits per heavy atom. The molecule has 136 valence electrons. The summed E-state index contributed by atoms with van der Waals surface area (Å²) >= 11 is 0. The number of benzene rings is 2. The number of nitrogens with one attached hydrogen (secondary N) is 1. The van der Waals surface area contributed by atoms with E-state index in [-0.39, 0.29) is 11.6 Å². The highest BCUT2D eigenvalue weighted by Crippen LogP contribution is 2.26. The van der Waals surface area contributed by atoms with Crippen molar-refractivity contribution in [3.8, 4) is 0 Å². The zero-order chi connectivity index (χ0) is 19.5. The number of fused-ring (bicyclic) bond motifs is 1. The summed E-state index contributed by atoms with van der Waals surface area (Å²) in [6.45, 7) is 1.95. The molecule has 0 fully saturated rings. The fourth-order valence-electron chi connectivity index (χ4n) is 3.23. The van der Waals surface area contributed by atoms with Crippen LogP contribution in [0.1, 0.15) is 37.5 Å². The first-order chi connectivity index (χ1) is 13.6. The van der Waals surface area contributed by atoms with Crippen LogP contribution in [0.4, 0.5) is 0 Å². The second-order valence-electron chi connectivity index (χ2n) is 6.55. The maximum Gasteiger partial charge on any atom is 0.193 e. The lowest BCUT2D eigenvalue weighted by Crippen LogP contribution is -2.00. The van der Waals surface area contributed by atoms with Gasteiger partial charge in [0.1, 0.15) is 0 Å². The van der Waals surface area contributed by atoms with Gasteiger partial charge in [0.15, 0.2) is 11.6 Å². The number of carbonyl (C=O) groups excluding carboxylic acids is 2. The minimum atomic E-state index is -0.0901. The first-order valence-electron chi connectivity index (χ1n) is 8.98. The van der Waals surface area contributed by atoms with Gasteiger partial charge in [-0.05, 0) is 49.4 Å². The summed E-state index contributed by atoms with van der Waals surface area (Å²) in [5.41, 5.74) is 4.63. The van der Waals surface area contributed by atoms with Gasteiger partial charge in [-0.3, -0.25) is 14.6 Å². The van der Waals surface area contributed by atoms with Gasteiger partial charge in [0.25, 0.3) is 0 Å². The quantitative estimate of drug-likeness (QED) is 0.399. The molecule has 2 heterocycles. The number of rotatable bonds is 5. The number of pyridine rings is 1. The Hall–Kier alpha value is -3.79. The zero-order valence-electron chi connectivity index (χ0n) is 15.3. The molecule has 0 aliphatic heterocycles. The molecule has 0 radical (unpaired) electrons. The Morgan fingerprint density at radius 2 is 1.64 bits per heavy atom. The third-order valence-corrected chi connectivity index (χ3v) is 4.70. The first-order valence-corrected chi connectivity index (χ1v) is 8.98. The maximum atomic E-state index is 12.8. The van der Waals surface area contributed by atoms with Gasteiger partial charge in [0.2, 0.25) is 0 Å². The van der Waals surface area contributed by atoms with Crippen LogP contribution in [0.2, 0.25) is 0 Å². The molecule has 0 unspecified atom stereocenters. The molecular formula is C24H18N2O2. The summed E-state index contributed by atoms with van der Waals surface area (Å²) in [6, 6.07) is 18.2. The number of H-pyrrole nitrogens is 1. The van der Waals surface area contributed by atoms with Crippen LogP contribution in [0.15, 0.2) is 79.1 Å². The number of ketones is 2. The third-order valence-electron chi connectivity index (χ3n) is 4.70. The fraction of sp³-hybridized carbons (Fsp3) is 0.0417. The minimum absolute atomic E-state index is 0.0239. The van der Waals surface area contributed by atoms with E-state index in [1.807, 2.05) is 55.5 Å². The van der Waals surface area contributed by atoms with Gasteiger partial charge in [0.05, 0.1) is 0 Å². The van der Waals surface area contributed by atoms with E-state index in [0.717, 1.165) is 22.2 Å². The Bertz CT molecular complexity index is 1190. The molecule has 4 rings (SSSR count). The molecule has 1 N–H and O–H groups in total. The number of aromatic nitrogens is 2. The lowest BCUT2D eigenvalue weighted by molar-refractivity contribution is 0.103. The second-order valence-corrected chi connectivity index (χ2v) is 6.55. The molecule has 0 saturated heterocycles. The summed E-state index contributed by atoms with van der Waals surface area (Å²) in [7, 11) is 0. The van der Waals surface area contributed by atoms with Gasteiger partial charge in [0, 0.05) is 51.2 Å². The Labute approximate surface area is 162 Å². The van der Waals surface area contributed by atoms with Gasteiger partial charge in [-0.1, -0.05) is 30.3 Å². The summed E-state index contributed by atoms with van der Waals surface area (Å²) in [5.74, 6) is -0.114. The maximum absolute atomic E-state index is 12.8. The van der Waals surface area contributed by atoms with Crippen LogP contribution in [-0.4, -0.2) is 21.5 Å². The molecule has 0 saturated carbocycles. The van der Waals surface area contributed by atoms with Gasteiger partial charge < -0.3 is 4.98 Å². The van der Waals surface area contributed by atoms with E-state index >= 15 is 0 Å². The average Bonchev–Trinajstić information content (AvgIpc) is 3.07. The molecule has 0 spiro atoms. The SMILES string of the molecule is Cc1[nH]c2ccc(C(=O)c3ccccc3)cc2c1/C=C/C(=O)c1ccncc1. The van der Waals surface area contributed by atoms with Crippen molar-refractivity contribution in [3.63, 3.8) is 0 Å². The average molecular weight is 366 g/mol. The molecule has 4 heteroatoms. The van der Waals surface area contributed by atoms with E-state index < -0.39 is 0 Å². The lowest BCUT2D eigenvalue weighted by atomic mass is 10.0. The van der Waals surface area contributed by atoms with Crippen LogP contribution in [0.3, 0.4) is 0 Å². The van der Waals surface area contributed by atoms with Crippen molar-refractivity contribution >= 4 is 28.5 Å². The van der Waals surface area contributed by atoms with Crippen molar-refractivity contribution in [1.29, 1.82) is 0 Å². The number of aromatic amines is 1. The predicted molar refractivity (Wildman–Crippen MR) is 111 cm³/mol. The van der Waals surface area contributed by atoms with Crippen LogP contribution < -0.4 is 0 Å². The van der Waals surface area contributed by atoms with E-state index in [1.54, 1.807) is 36.7 Å². The zero-order valence-corrected chi connectivity index (χ0v) is 15.3. The number of carbonyl (C=O) groups is 2. The van der Waals surface area contributed by atoms with Crippen molar-refractivity contribution in [1.82, 2.24) is 9.97 Å². The number of nitrogens with zero attached hydrogens (tertiary/aromatic N) is 1. The van der Waals surface area contributed by atoms with E-state index in [1.165, 1.54) is 0 Å². The summed E-state index contributed by atoms with van der Waals surface area (Å²) in [6.07, 6.45) is 6.54. The molecule has 0 bridgehead atoms. The minimum Gasteiger partial charge on any atom is -0.358 e. The van der Waals surface area contributed by atoms with Crippen LogP contribution >= 0.6 is 0 Å². The lowest BCUT2D eigenvalue weighted by Gasteiger charge is -2.02. The molecular weight excluding hydrogens is 348 g/mol. The fourth-order valence-corrected chi connectivity index (χ4v) is 3.23. The van der Waals surface area contributed by atoms with Crippen LogP contribution in [-0.2, 0) is 0 Å². The van der Waals surface area contributed by atoms with E-state index in [0.29, 0.717) is 16.7 Å². The first kappa shape index (κ1) is 17.6. The largest absolute Gasteiger partial charge is 0.358 e. The molecule has 4 aromatic rings. The van der Waals surface area contributed by atoms with E-state index in [9.17, 15) is 9.59 Å². The Balaban J connectivity index is 1.71. The molecule has 28 heavy (non-hydrogen) atoms. The number of allylic oxidation sites excluding steroid dienone is 1. The van der Waals surface area contributed by atoms with Crippen molar-refractivity contribution in [2.45, 2.75) is 6.92 Å². The highest BCUT2D eigenvalue weighted by molar-refractivity contribution is 6.12. The smallest absolute Gasteiger partial charge is 0.193 e. The van der Waals surface area contributed by atoms with Gasteiger partial charge in [-0.2, -0.15) is 0 Å². The number of hydrogen-bond donors (Lipinski definition) is 1. The van der Waals surface area contributed by atoms with Crippen LogP contribution in [0.5, 0.6) is 0 Å². The van der Waals surface area contributed by atoms with E-state index in [4.69, 9.17) is 0 Å². The summed E-state index contributed by atoms with van der Waals surface area (Å²) < 4.78 is 0. The molecule has 2 aromatic heterocycles. The van der Waals surface area contributed by atoms with Gasteiger partial charge in [-0.15, -0.1) is 0 Å². The topological polar surface area (TPSA) is 62.8 Å². The molecule has 0 amide bonds. The molecule has 0 aliphatic carbocycles. The molecule has 0 aliphatic rings. The predicted octanol–water partition coefficient (Wildman–Crippen LogP) is 5.00. The highest BCUT2D eigenvalue weighted by Gasteiger charge is 2.13. The third kappa shape index (κ3) is 3.40. The van der Waals surface area contributed by atoms with Crippen molar-refractivity contribution in [2.24, 2.45) is 0 Å². The number of hydrogen-bond acceptors (Lipinski definition) is 3. The molecule has 4 nitrogen and oxygen atoms in total. The normalized spacial score (nSPS) is 11.2. The van der Waals surface area contributed by atoms with Crippen molar-refractivity contribution in [2.75, 3.05) is 0 Å².